The first-order valence-corrected chi connectivity index (χ1v) is 12.5. The van der Waals surface area contributed by atoms with Crippen LogP contribution in [0.3, 0.4) is 0 Å². The van der Waals surface area contributed by atoms with E-state index in [-0.39, 0.29) is 40.3 Å². The number of nitro benzene ring substituents is 2. The van der Waals surface area contributed by atoms with Crippen molar-refractivity contribution in [2.45, 2.75) is 33.9 Å². The van der Waals surface area contributed by atoms with Crippen LogP contribution in [-0.4, -0.2) is 27.6 Å². The Hall–Kier alpha value is -3.37. The van der Waals surface area contributed by atoms with Gasteiger partial charge in [-0.25, -0.2) is 4.39 Å². The summed E-state index contributed by atoms with van der Waals surface area (Å²) in [6, 6.07) is 15.3. The summed E-state index contributed by atoms with van der Waals surface area (Å²) in [5, 5.41) is 26.0. The van der Waals surface area contributed by atoms with Gasteiger partial charge >= 0.3 is 0 Å². The Morgan fingerprint density at radius 1 is 1.08 bits per heavy atom. The summed E-state index contributed by atoms with van der Waals surface area (Å²) in [6.45, 7) is 0. The fourth-order valence-electron chi connectivity index (χ4n) is 5.31. The molecule has 0 saturated heterocycles. The van der Waals surface area contributed by atoms with Crippen molar-refractivity contribution in [1.29, 1.82) is 0 Å². The molecule has 3 aromatic rings. The van der Waals surface area contributed by atoms with Crippen molar-refractivity contribution < 1.29 is 19.0 Å². The van der Waals surface area contributed by atoms with E-state index in [1.165, 1.54) is 49.2 Å². The van der Waals surface area contributed by atoms with E-state index in [0.29, 0.717) is 28.3 Å². The van der Waals surface area contributed by atoms with Crippen molar-refractivity contribution in [3.05, 3.63) is 97.8 Å². The van der Waals surface area contributed by atoms with Gasteiger partial charge in [-0.2, -0.15) is 0 Å². The molecule has 1 aliphatic carbocycles. The predicted octanol–water partition coefficient (Wildman–Crippen LogP) is 6.69. The van der Waals surface area contributed by atoms with Crippen molar-refractivity contribution in [3.63, 3.8) is 0 Å². The van der Waals surface area contributed by atoms with Gasteiger partial charge in [0.15, 0.2) is 0 Å². The second-order valence-electron chi connectivity index (χ2n) is 8.79. The molecule has 0 amide bonds. The van der Waals surface area contributed by atoms with E-state index in [0.717, 1.165) is 5.56 Å². The minimum atomic E-state index is -0.477. The Labute approximate surface area is 215 Å². The zero-order chi connectivity index (χ0) is 25.6. The Kier molecular flexibility index (Phi) is 6.48. The third-order valence-corrected chi connectivity index (χ3v) is 8.98. The van der Waals surface area contributed by atoms with Gasteiger partial charge < -0.3 is 10.1 Å². The minimum absolute atomic E-state index is 0.00663. The highest BCUT2D eigenvalue weighted by Crippen LogP contribution is 2.60. The van der Waals surface area contributed by atoms with Crippen LogP contribution in [0.2, 0.25) is 0 Å². The second-order valence-corrected chi connectivity index (χ2v) is 10.6. The number of para-hydroxylation sites is 1. The Bertz CT molecular complexity index is 1340. The van der Waals surface area contributed by atoms with Gasteiger partial charge in [0, 0.05) is 23.3 Å². The van der Waals surface area contributed by atoms with E-state index in [1.807, 2.05) is 0 Å². The molecule has 1 aliphatic heterocycles. The highest BCUT2D eigenvalue weighted by molar-refractivity contribution is 8.00. The Balaban J connectivity index is 1.60. The molecule has 3 aromatic carbocycles. The molecule has 0 spiro atoms. The van der Waals surface area contributed by atoms with E-state index in [9.17, 15) is 24.6 Å². The molecule has 1 heterocycles. The lowest BCUT2D eigenvalue weighted by Crippen LogP contribution is -2.31. The minimum Gasteiger partial charge on any atom is -0.494 e. The Morgan fingerprint density at radius 2 is 1.81 bits per heavy atom. The lowest BCUT2D eigenvalue weighted by Gasteiger charge is -2.38. The first kappa shape index (κ1) is 24.3. The van der Waals surface area contributed by atoms with Crippen LogP contribution in [0.4, 0.5) is 21.5 Å². The molecule has 8 nitrogen and oxygen atoms in total. The smallest absolute Gasteiger partial charge is 0.282 e. The van der Waals surface area contributed by atoms with Crippen LogP contribution in [-0.2, 0) is 0 Å². The normalized spacial score (nSPS) is 24.4. The lowest BCUT2D eigenvalue weighted by atomic mass is 9.77. The van der Waals surface area contributed by atoms with Gasteiger partial charge in [0.05, 0.1) is 45.0 Å². The molecule has 1 fully saturated rings. The molecule has 36 heavy (non-hydrogen) atoms. The zero-order valence-corrected chi connectivity index (χ0v) is 20.5. The molecule has 1 N–H and O–H groups in total. The van der Waals surface area contributed by atoms with Crippen LogP contribution in [0, 0.1) is 32.0 Å². The number of thioether (sulfide) groups is 1. The summed E-state index contributed by atoms with van der Waals surface area (Å²) in [7, 11) is 1.44. The first-order valence-electron chi connectivity index (χ1n) is 11.2. The number of non-ortho nitro benzene ring substituents is 1. The van der Waals surface area contributed by atoms with Crippen molar-refractivity contribution >= 4 is 40.4 Å². The summed E-state index contributed by atoms with van der Waals surface area (Å²) >= 11 is 8.43. The summed E-state index contributed by atoms with van der Waals surface area (Å²) < 4.78 is 19.2. The summed E-state index contributed by atoms with van der Waals surface area (Å²) in [4.78, 5) is 22.8. The zero-order valence-electron chi connectivity index (χ0n) is 19.0. The van der Waals surface area contributed by atoms with Crippen molar-refractivity contribution in [3.8, 4) is 5.75 Å². The number of rotatable bonds is 6. The molecule has 11 heteroatoms. The highest BCUT2D eigenvalue weighted by atomic mass is 35.5. The number of fused-ring (bicyclic) bond motifs is 3. The van der Waals surface area contributed by atoms with Crippen molar-refractivity contribution in [2.24, 2.45) is 5.92 Å². The van der Waals surface area contributed by atoms with Crippen LogP contribution in [0.25, 0.3) is 0 Å². The molecular formula is C25H21ClFN3O5S. The molecule has 0 unspecified atom stereocenters. The fraction of sp³-hybridized carbons (Fsp3) is 0.280. The number of benzene rings is 3. The first-order chi connectivity index (χ1) is 17.3. The highest BCUT2D eigenvalue weighted by Gasteiger charge is 2.51. The van der Waals surface area contributed by atoms with Gasteiger partial charge in [-0.05, 0) is 41.7 Å². The predicted molar refractivity (Wildman–Crippen MR) is 136 cm³/mol. The molecule has 0 radical (unpaired) electrons. The molecule has 5 rings (SSSR count). The largest absolute Gasteiger partial charge is 0.494 e. The molecule has 1 saturated carbocycles. The lowest BCUT2D eigenvalue weighted by molar-refractivity contribution is -0.387. The van der Waals surface area contributed by atoms with Crippen molar-refractivity contribution in [1.82, 2.24) is 0 Å². The average Bonchev–Trinajstić information content (AvgIpc) is 3.19. The molecule has 0 aromatic heterocycles. The second kappa shape index (κ2) is 9.59. The molecule has 186 valence electrons. The topological polar surface area (TPSA) is 108 Å². The molecule has 0 bridgehead atoms. The third-order valence-electron chi connectivity index (χ3n) is 6.87. The Morgan fingerprint density at radius 3 is 2.47 bits per heavy atom. The van der Waals surface area contributed by atoms with Gasteiger partial charge in [0.1, 0.15) is 11.6 Å². The average molecular weight is 530 g/mol. The van der Waals surface area contributed by atoms with E-state index in [2.05, 4.69) is 5.32 Å². The number of nitrogens with zero attached hydrogens (tertiary/aromatic N) is 2. The maximum atomic E-state index is 13.7. The number of halogens is 2. The maximum Gasteiger partial charge on any atom is 0.282 e. The fourth-order valence-corrected chi connectivity index (χ4v) is 7.25. The van der Waals surface area contributed by atoms with Gasteiger partial charge in [-0.1, -0.05) is 24.3 Å². The van der Waals surface area contributed by atoms with Gasteiger partial charge in [-0.3, -0.25) is 20.2 Å². The maximum absolute atomic E-state index is 13.7. The summed E-state index contributed by atoms with van der Waals surface area (Å²) in [5.41, 5.74) is 2.03. The number of alkyl halides is 1. The van der Waals surface area contributed by atoms with E-state index in [4.69, 9.17) is 16.3 Å². The van der Waals surface area contributed by atoms with E-state index < -0.39 is 15.2 Å². The number of hydrogen-bond acceptors (Lipinski definition) is 7. The van der Waals surface area contributed by atoms with E-state index >= 15 is 0 Å². The van der Waals surface area contributed by atoms with E-state index in [1.54, 1.807) is 30.3 Å². The van der Waals surface area contributed by atoms with Crippen molar-refractivity contribution in [2.75, 3.05) is 12.4 Å². The number of nitrogens with one attached hydrogen (secondary N) is 1. The number of anilines is 1. The molecule has 5 atom stereocenters. The third kappa shape index (κ3) is 4.24. The van der Waals surface area contributed by atoms with Crippen LogP contribution in [0.1, 0.15) is 29.5 Å². The van der Waals surface area contributed by atoms with Gasteiger partial charge in [-0.15, -0.1) is 23.4 Å². The number of hydrogen-bond donors (Lipinski definition) is 1. The summed E-state index contributed by atoms with van der Waals surface area (Å²) in [6.07, 6.45) is 0.592. The molecular weight excluding hydrogens is 509 g/mol. The molecule has 2 aliphatic rings. The van der Waals surface area contributed by atoms with Gasteiger partial charge in [0.2, 0.25) is 0 Å². The van der Waals surface area contributed by atoms with Crippen LogP contribution >= 0.6 is 23.4 Å². The number of nitro groups is 2. The van der Waals surface area contributed by atoms with Crippen LogP contribution in [0.15, 0.2) is 65.6 Å². The van der Waals surface area contributed by atoms with Crippen LogP contribution in [0.5, 0.6) is 5.75 Å². The standard InChI is InChI=1S/C25H21ClFN3O5S/c1-35-19-11-15(29(31)32)10-16-22-17(24(28-25(16)19)13-6-8-14(27)9-7-13)12-21(23(22)26)36-20-5-3-2-4-18(20)30(33)34/h2-11,17,21-24,28H,12H2,1H3/t17-,21+,22-,23+,24-/m1/s1. The quantitative estimate of drug-likeness (QED) is 0.215. The SMILES string of the molecule is COc1cc([N+](=O)[O-])cc2c1N[C@H](c1ccc(F)cc1)[C@@H]1C[C@H](Sc3ccccc3[N+](=O)[O-])[C@H](Cl)[C@H]21. The number of ether oxygens (including phenoxy) is 1. The number of methoxy groups -OCH3 is 1. The van der Waals surface area contributed by atoms with Crippen LogP contribution < -0.4 is 10.1 Å². The van der Waals surface area contributed by atoms with Gasteiger partial charge in [0.25, 0.3) is 11.4 Å². The summed E-state index contributed by atoms with van der Waals surface area (Å²) in [5.74, 6) is -0.431. The monoisotopic (exact) mass is 529 g/mol.